The third-order valence-electron chi connectivity index (χ3n) is 3.19. The van der Waals surface area contributed by atoms with Crippen LogP contribution in [0, 0.1) is 23.1 Å². The van der Waals surface area contributed by atoms with Crippen molar-refractivity contribution in [2.75, 3.05) is 6.54 Å². The number of nitrogens with one attached hydrogen (secondary N) is 1. The molecule has 3 nitrogen and oxygen atoms in total. The molecular formula is C16H21FN2O. The average Bonchev–Trinajstić information content (AvgIpc) is 2.36. The first kappa shape index (κ1) is 16.2. The van der Waals surface area contributed by atoms with E-state index in [9.17, 15) is 9.18 Å². The van der Waals surface area contributed by atoms with E-state index in [2.05, 4.69) is 17.2 Å². The first-order valence-electron chi connectivity index (χ1n) is 6.55. The second-order valence-corrected chi connectivity index (χ2v) is 5.76. The highest BCUT2D eigenvalue weighted by Gasteiger charge is 2.23. The molecule has 1 aromatic rings. The van der Waals surface area contributed by atoms with Crippen LogP contribution in [0.4, 0.5) is 4.39 Å². The van der Waals surface area contributed by atoms with Crippen molar-refractivity contribution in [3.05, 3.63) is 35.1 Å². The third-order valence-corrected chi connectivity index (χ3v) is 3.19. The van der Waals surface area contributed by atoms with Crippen LogP contribution in [0.1, 0.15) is 43.6 Å². The van der Waals surface area contributed by atoms with Gasteiger partial charge in [-0.1, -0.05) is 32.6 Å². The fourth-order valence-electron chi connectivity index (χ4n) is 1.42. The fraction of sp³-hybridized carbons (Fsp3) is 0.438. The van der Waals surface area contributed by atoms with Crippen LogP contribution >= 0.6 is 0 Å². The molecule has 0 saturated heterocycles. The van der Waals surface area contributed by atoms with Crippen molar-refractivity contribution in [3.63, 3.8) is 0 Å². The maximum absolute atomic E-state index is 13.8. The van der Waals surface area contributed by atoms with Gasteiger partial charge in [0.1, 0.15) is 5.82 Å². The van der Waals surface area contributed by atoms with Crippen molar-refractivity contribution in [2.45, 2.75) is 33.7 Å². The monoisotopic (exact) mass is 276 g/mol. The van der Waals surface area contributed by atoms with E-state index in [1.807, 2.05) is 27.7 Å². The van der Waals surface area contributed by atoms with Crippen LogP contribution < -0.4 is 11.1 Å². The molecule has 0 fully saturated rings. The van der Waals surface area contributed by atoms with E-state index in [1.165, 1.54) is 18.2 Å². The van der Waals surface area contributed by atoms with Gasteiger partial charge in [0.05, 0.1) is 12.1 Å². The van der Waals surface area contributed by atoms with Gasteiger partial charge >= 0.3 is 0 Å². The lowest BCUT2D eigenvalue weighted by Crippen LogP contribution is -2.41. The zero-order valence-corrected chi connectivity index (χ0v) is 12.4. The molecule has 1 unspecified atom stereocenters. The number of carbonyl (C=O) groups excluding carboxylic acids is 1. The molecule has 108 valence electrons. The summed E-state index contributed by atoms with van der Waals surface area (Å²) < 4.78 is 13.8. The van der Waals surface area contributed by atoms with Gasteiger partial charge in [0.15, 0.2) is 0 Å². The van der Waals surface area contributed by atoms with Crippen LogP contribution in [0.3, 0.4) is 0 Å². The van der Waals surface area contributed by atoms with Gasteiger partial charge in [-0.05, 0) is 30.5 Å². The van der Waals surface area contributed by atoms with Crippen LogP contribution in [-0.2, 0) is 0 Å². The summed E-state index contributed by atoms with van der Waals surface area (Å²) in [5.74, 6) is 4.48. The van der Waals surface area contributed by atoms with Crippen LogP contribution in [0.5, 0.6) is 0 Å². The molecule has 1 rings (SSSR count). The Morgan fingerprint density at radius 2 is 2.10 bits per heavy atom. The smallest absolute Gasteiger partial charge is 0.254 e. The van der Waals surface area contributed by atoms with E-state index in [4.69, 9.17) is 5.73 Å². The zero-order valence-electron chi connectivity index (χ0n) is 12.4. The van der Waals surface area contributed by atoms with Gasteiger partial charge in [-0.15, -0.1) is 0 Å². The number of halogens is 1. The number of nitrogens with two attached hydrogens (primary N) is 1. The van der Waals surface area contributed by atoms with Crippen molar-refractivity contribution in [2.24, 2.45) is 11.1 Å². The lowest BCUT2D eigenvalue weighted by molar-refractivity contribution is 0.0906. The molecule has 0 saturated carbocycles. The van der Waals surface area contributed by atoms with Gasteiger partial charge in [0.25, 0.3) is 5.91 Å². The van der Waals surface area contributed by atoms with Crippen molar-refractivity contribution in [1.29, 1.82) is 0 Å². The van der Waals surface area contributed by atoms with Gasteiger partial charge in [-0.3, -0.25) is 4.79 Å². The van der Waals surface area contributed by atoms with Crippen LogP contribution in [-0.4, -0.2) is 18.5 Å². The normalized spacial score (nSPS) is 12.3. The number of rotatable bonds is 2. The summed E-state index contributed by atoms with van der Waals surface area (Å²) in [7, 11) is 0. The largest absolute Gasteiger partial charge is 0.349 e. The Labute approximate surface area is 119 Å². The summed E-state index contributed by atoms with van der Waals surface area (Å²) in [6.45, 7) is 8.15. The Morgan fingerprint density at radius 3 is 2.65 bits per heavy atom. The van der Waals surface area contributed by atoms with E-state index in [1.54, 1.807) is 0 Å². The Balaban J connectivity index is 2.98. The SMILES string of the molecule is CC(NC(=O)c1cc(C#CCN)ccc1F)C(C)(C)C. The summed E-state index contributed by atoms with van der Waals surface area (Å²) in [6.07, 6.45) is 0. The second-order valence-electron chi connectivity index (χ2n) is 5.76. The van der Waals surface area contributed by atoms with Crippen molar-refractivity contribution >= 4 is 5.91 Å². The molecule has 0 aromatic heterocycles. The van der Waals surface area contributed by atoms with Crippen LogP contribution in [0.25, 0.3) is 0 Å². The summed E-state index contributed by atoms with van der Waals surface area (Å²) >= 11 is 0. The molecule has 3 N–H and O–H groups in total. The highest BCUT2D eigenvalue weighted by molar-refractivity contribution is 5.95. The van der Waals surface area contributed by atoms with E-state index < -0.39 is 11.7 Å². The first-order valence-corrected chi connectivity index (χ1v) is 6.55. The van der Waals surface area contributed by atoms with Gasteiger partial charge in [0, 0.05) is 11.6 Å². The Hall–Kier alpha value is -1.86. The van der Waals surface area contributed by atoms with Crippen molar-refractivity contribution in [3.8, 4) is 11.8 Å². The topological polar surface area (TPSA) is 55.1 Å². The minimum absolute atomic E-state index is 0.00456. The van der Waals surface area contributed by atoms with Crippen LogP contribution in [0.15, 0.2) is 18.2 Å². The third kappa shape index (κ3) is 4.36. The maximum atomic E-state index is 13.8. The maximum Gasteiger partial charge on any atom is 0.254 e. The Kier molecular flexibility index (Phi) is 5.29. The predicted molar refractivity (Wildman–Crippen MR) is 78.7 cm³/mol. The predicted octanol–water partition coefficient (Wildman–Crippen LogP) is 2.30. The Bertz CT molecular complexity index is 550. The van der Waals surface area contributed by atoms with Gasteiger partial charge < -0.3 is 11.1 Å². The number of carbonyl (C=O) groups is 1. The minimum Gasteiger partial charge on any atom is -0.349 e. The number of amides is 1. The quantitative estimate of drug-likeness (QED) is 0.814. The van der Waals surface area contributed by atoms with E-state index in [0.717, 1.165) is 0 Å². The van der Waals surface area contributed by atoms with Crippen molar-refractivity contribution < 1.29 is 9.18 Å². The lowest BCUT2D eigenvalue weighted by Gasteiger charge is -2.28. The van der Waals surface area contributed by atoms with Gasteiger partial charge in [-0.25, -0.2) is 4.39 Å². The van der Waals surface area contributed by atoms with Crippen molar-refractivity contribution in [1.82, 2.24) is 5.32 Å². The molecule has 1 aromatic carbocycles. The van der Waals surface area contributed by atoms with Gasteiger partial charge in [0.2, 0.25) is 0 Å². The molecule has 0 aliphatic rings. The first-order chi connectivity index (χ1) is 9.25. The summed E-state index contributed by atoms with van der Waals surface area (Å²) in [4.78, 5) is 12.1. The number of hydrogen-bond acceptors (Lipinski definition) is 2. The minimum atomic E-state index is -0.554. The molecule has 1 atom stereocenters. The molecule has 0 radical (unpaired) electrons. The average molecular weight is 276 g/mol. The highest BCUT2D eigenvalue weighted by atomic mass is 19.1. The van der Waals surface area contributed by atoms with Gasteiger partial charge in [-0.2, -0.15) is 0 Å². The number of hydrogen-bond donors (Lipinski definition) is 2. The molecule has 0 bridgehead atoms. The molecular weight excluding hydrogens is 255 g/mol. The second kappa shape index (κ2) is 6.53. The van der Waals surface area contributed by atoms with E-state index >= 15 is 0 Å². The molecule has 0 aliphatic carbocycles. The summed E-state index contributed by atoms with van der Waals surface area (Å²) in [6, 6.07) is 4.15. The molecule has 0 aliphatic heterocycles. The fourth-order valence-corrected chi connectivity index (χ4v) is 1.42. The number of benzene rings is 1. The molecule has 0 heterocycles. The summed E-state index contributed by atoms with van der Waals surface area (Å²) in [5.41, 5.74) is 5.78. The molecule has 1 amide bonds. The molecule has 4 heteroatoms. The highest BCUT2D eigenvalue weighted by Crippen LogP contribution is 2.19. The zero-order chi connectivity index (χ0) is 15.3. The Morgan fingerprint density at radius 1 is 1.45 bits per heavy atom. The van der Waals surface area contributed by atoms with E-state index in [-0.39, 0.29) is 23.6 Å². The lowest BCUT2D eigenvalue weighted by atomic mass is 9.88. The standard InChI is InChI=1S/C16H21FN2O/c1-11(16(2,3)4)19-15(20)13-10-12(6-5-9-18)7-8-14(13)17/h7-8,10-11H,9,18H2,1-4H3,(H,19,20). The molecule has 20 heavy (non-hydrogen) atoms. The summed E-state index contributed by atoms with van der Waals surface area (Å²) in [5, 5.41) is 2.81. The van der Waals surface area contributed by atoms with Crippen LogP contribution in [0.2, 0.25) is 0 Å². The van der Waals surface area contributed by atoms with E-state index in [0.29, 0.717) is 5.56 Å². The molecule has 0 spiro atoms.